The largest absolute Gasteiger partial charge is 0.312 e. The first-order valence-electron chi connectivity index (χ1n) is 6.63. The van der Waals surface area contributed by atoms with E-state index in [1.54, 1.807) is 12.1 Å². The summed E-state index contributed by atoms with van der Waals surface area (Å²) in [6.45, 7) is 7.40. The molecule has 2 nitrogen and oxygen atoms in total. The summed E-state index contributed by atoms with van der Waals surface area (Å²) >= 11 is 3.51. The minimum absolute atomic E-state index is 0.0121. The van der Waals surface area contributed by atoms with Crippen molar-refractivity contribution in [3.63, 3.8) is 0 Å². The third kappa shape index (κ3) is 4.26. The van der Waals surface area contributed by atoms with Gasteiger partial charge in [0.15, 0.2) is 0 Å². The van der Waals surface area contributed by atoms with Crippen LogP contribution in [0.25, 0.3) is 0 Å². The molecular weight excluding hydrogens is 307 g/mol. The first-order chi connectivity index (χ1) is 8.78. The average Bonchev–Trinajstić information content (AvgIpc) is 2.32. The lowest BCUT2D eigenvalue weighted by atomic mass is 9.88. The lowest BCUT2D eigenvalue weighted by Crippen LogP contribution is -2.56. The number of hydrogen-bond acceptors (Lipinski definition) is 2. The average molecular weight is 331 g/mol. The minimum Gasteiger partial charge on any atom is -0.312 e. The Balaban J connectivity index is 2.99. The Kier molecular flexibility index (Phi) is 5.96. The maximum Gasteiger partial charge on any atom is 0.123 e. The molecule has 1 atom stereocenters. The van der Waals surface area contributed by atoms with Gasteiger partial charge in [-0.1, -0.05) is 22.9 Å². The molecular formula is C15H24BrFN2. The van der Waals surface area contributed by atoms with E-state index >= 15 is 0 Å². The summed E-state index contributed by atoms with van der Waals surface area (Å²) in [6.07, 6.45) is 0.789. The van der Waals surface area contributed by atoms with Gasteiger partial charge in [-0.3, -0.25) is 0 Å². The van der Waals surface area contributed by atoms with Gasteiger partial charge in [0.1, 0.15) is 5.82 Å². The topological polar surface area (TPSA) is 15.3 Å². The Labute approximate surface area is 124 Å². The molecule has 0 aliphatic heterocycles. The highest BCUT2D eigenvalue weighted by Gasteiger charge is 2.31. The Morgan fingerprint density at radius 1 is 1.37 bits per heavy atom. The van der Waals surface area contributed by atoms with Gasteiger partial charge in [0.05, 0.1) is 0 Å². The van der Waals surface area contributed by atoms with E-state index in [0.717, 1.165) is 23.0 Å². The summed E-state index contributed by atoms with van der Waals surface area (Å²) in [5, 5.41) is 3.51. The van der Waals surface area contributed by atoms with Crippen LogP contribution in [0.3, 0.4) is 0 Å². The first-order valence-corrected chi connectivity index (χ1v) is 7.43. The van der Waals surface area contributed by atoms with E-state index in [9.17, 15) is 4.39 Å². The highest BCUT2D eigenvalue weighted by atomic mass is 79.9. The lowest BCUT2D eigenvalue weighted by molar-refractivity contribution is 0.138. The van der Waals surface area contributed by atoms with Crippen molar-refractivity contribution >= 4 is 15.9 Å². The van der Waals surface area contributed by atoms with Gasteiger partial charge < -0.3 is 10.2 Å². The van der Waals surface area contributed by atoms with Crippen LogP contribution in [0, 0.1) is 5.82 Å². The molecule has 0 bridgehead atoms. The zero-order valence-corrected chi connectivity index (χ0v) is 14.0. The van der Waals surface area contributed by atoms with E-state index in [1.807, 2.05) is 0 Å². The number of rotatable bonds is 6. The maximum absolute atomic E-state index is 13.4. The molecule has 0 heterocycles. The van der Waals surface area contributed by atoms with Gasteiger partial charge in [0.2, 0.25) is 0 Å². The minimum atomic E-state index is -0.184. The molecule has 1 aromatic rings. The van der Waals surface area contributed by atoms with Gasteiger partial charge in [0.25, 0.3) is 0 Å². The highest BCUT2D eigenvalue weighted by molar-refractivity contribution is 9.10. The summed E-state index contributed by atoms with van der Waals surface area (Å²) in [6, 6.07) is 5.12. The fourth-order valence-electron chi connectivity index (χ4n) is 2.05. The van der Waals surface area contributed by atoms with Crippen LogP contribution in [-0.4, -0.2) is 37.1 Å². The van der Waals surface area contributed by atoms with Crippen molar-refractivity contribution < 1.29 is 4.39 Å². The van der Waals surface area contributed by atoms with Gasteiger partial charge in [0, 0.05) is 16.1 Å². The number of halogens is 2. The first kappa shape index (κ1) is 16.6. The Hall–Kier alpha value is -0.450. The van der Waals surface area contributed by atoms with Crippen LogP contribution in [0.4, 0.5) is 4.39 Å². The zero-order valence-electron chi connectivity index (χ0n) is 12.4. The summed E-state index contributed by atoms with van der Waals surface area (Å²) < 4.78 is 14.4. The van der Waals surface area contributed by atoms with Crippen molar-refractivity contribution in [3.05, 3.63) is 34.1 Å². The quantitative estimate of drug-likeness (QED) is 0.859. The van der Waals surface area contributed by atoms with Crippen LogP contribution in [0.2, 0.25) is 0 Å². The second kappa shape index (κ2) is 6.82. The molecule has 1 aromatic carbocycles. The van der Waals surface area contributed by atoms with Crippen molar-refractivity contribution in [1.29, 1.82) is 0 Å². The molecule has 0 spiro atoms. The molecule has 0 saturated carbocycles. The molecule has 0 saturated heterocycles. The fraction of sp³-hybridized carbons (Fsp3) is 0.600. The molecule has 108 valence electrons. The number of nitrogens with zero attached hydrogens (tertiary/aromatic N) is 1. The van der Waals surface area contributed by atoms with Gasteiger partial charge >= 0.3 is 0 Å². The Morgan fingerprint density at radius 3 is 2.53 bits per heavy atom. The normalized spacial score (nSPS) is 13.9. The third-order valence-electron chi connectivity index (χ3n) is 3.89. The zero-order chi connectivity index (χ0) is 14.6. The fourth-order valence-corrected chi connectivity index (χ4v) is 2.46. The smallest absolute Gasteiger partial charge is 0.123 e. The van der Waals surface area contributed by atoms with Crippen molar-refractivity contribution in [1.82, 2.24) is 10.2 Å². The molecule has 1 rings (SSSR count). The van der Waals surface area contributed by atoms with Crippen molar-refractivity contribution in [3.8, 4) is 0 Å². The van der Waals surface area contributed by atoms with Crippen LogP contribution in [0.15, 0.2) is 22.7 Å². The Bertz CT molecular complexity index is 419. The second-order valence-corrected chi connectivity index (χ2v) is 6.45. The highest BCUT2D eigenvalue weighted by Crippen LogP contribution is 2.24. The molecule has 4 heteroatoms. The molecule has 0 radical (unpaired) electrons. The lowest BCUT2D eigenvalue weighted by Gasteiger charge is -2.41. The van der Waals surface area contributed by atoms with Gasteiger partial charge in [-0.15, -0.1) is 0 Å². The second-order valence-electron chi connectivity index (χ2n) is 5.60. The van der Waals surface area contributed by atoms with E-state index in [2.05, 4.69) is 61.0 Å². The summed E-state index contributed by atoms with van der Waals surface area (Å²) in [7, 11) is 4.15. The molecule has 0 aliphatic rings. The molecule has 0 amide bonds. The van der Waals surface area contributed by atoms with E-state index in [0.29, 0.717) is 0 Å². The molecule has 0 fully saturated rings. The molecule has 19 heavy (non-hydrogen) atoms. The Morgan fingerprint density at radius 2 is 2.00 bits per heavy atom. The molecule has 1 N–H and O–H groups in total. The monoisotopic (exact) mass is 330 g/mol. The summed E-state index contributed by atoms with van der Waals surface area (Å²) in [5.74, 6) is -0.184. The van der Waals surface area contributed by atoms with Crippen molar-refractivity contribution in [2.45, 2.75) is 38.8 Å². The summed E-state index contributed by atoms with van der Waals surface area (Å²) in [5.41, 5.74) is 0.989. The van der Waals surface area contributed by atoms with E-state index in [4.69, 9.17) is 0 Å². The number of hydrogen-bond donors (Lipinski definition) is 1. The number of benzene rings is 1. The van der Waals surface area contributed by atoms with Crippen LogP contribution >= 0.6 is 15.9 Å². The van der Waals surface area contributed by atoms with Gasteiger partial charge in [-0.25, -0.2) is 4.39 Å². The van der Waals surface area contributed by atoms with E-state index < -0.39 is 0 Å². The van der Waals surface area contributed by atoms with Gasteiger partial charge in [-0.2, -0.15) is 0 Å². The van der Waals surface area contributed by atoms with E-state index in [-0.39, 0.29) is 17.4 Å². The van der Waals surface area contributed by atoms with E-state index in [1.165, 1.54) is 6.07 Å². The van der Waals surface area contributed by atoms with Gasteiger partial charge in [-0.05, 0) is 64.7 Å². The predicted molar refractivity (Wildman–Crippen MR) is 83.0 cm³/mol. The standard InChI is InChI=1S/C15H24BrFN2/c1-6-18-14(15(2,3)19(4)5)10-11-9-12(17)7-8-13(11)16/h7-9,14,18H,6,10H2,1-5H3. The van der Waals surface area contributed by atoms with Crippen LogP contribution in [0.5, 0.6) is 0 Å². The van der Waals surface area contributed by atoms with Crippen LogP contribution < -0.4 is 5.32 Å². The number of likely N-dealkylation sites (N-methyl/N-ethyl adjacent to an activating group) is 2. The van der Waals surface area contributed by atoms with Crippen LogP contribution in [-0.2, 0) is 6.42 Å². The summed E-state index contributed by atoms with van der Waals surface area (Å²) in [4.78, 5) is 2.20. The molecule has 0 aromatic heterocycles. The molecule has 0 aliphatic carbocycles. The van der Waals surface area contributed by atoms with Crippen LogP contribution in [0.1, 0.15) is 26.3 Å². The SMILES string of the molecule is CCNC(Cc1cc(F)ccc1Br)C(C)(C)N(C)C. The number of nitrogens with one attached hydrogen (secondary N) is 1. The predicted octanol–water partition coefficient (Wildman–Crippen LogP) is 3.45. The van der Waals surface area contributed by atoms with Crippen molar-refractivity contribution in [2.75, 3.05) is 20.6 Å². The maximum atomic E-state index is 13.4. The molecule has 1 unspecified atom stereocenters. The van der Waals surface area contributed by atoms with Crippen molar-refractivity contribution in [2.24, 2.45) is 0 Å². The third-order valence-corrected chi connectivity index (χ3v) is 4.66.